The van der Waals surface area contributed by atoms with Crippen LogP contribution in [0.2, 0.25) is 0 Å². The highest BCUT2D eigenvalue weighted by Gasteiger charge is 2.64. The van der Waals surface area contributed by atoms with Crippen LogP contribution >= 0.6 is 0 Å². The Kier molecular flexibility index (Phi) is 6.20. The molecule has 2 aromatic heterocycles. The molecule has 1 saturated heterocycles. The molecule has 1 amide bonds. The number of Topliss-reactive ketones (excluding diaryl/α,β-unsaturated/α-hetero) is 2. The molecular weight excluding hydrogens is 456 g/mol. The first-order chi connectivity index (χ1) is 17.2. The number of hydrogen-bond acceptors (Lipinski definition) is 7. The van der Waals surface area contributed by atoms with Gasteiger partial charge in [0.25, 0.3) is 0 Å². The quantitative estimate of drug-likeness (QED) is 0.362. The van der Waals surface area contributed by atoms with Gasteiger partial charge in [-0.05, 0) is 62.3 Å². The standard InChI is InChI=1S/C27H32N6O3/c1-16(34)26-20-10-18(19-13-29-17(2)30-14-19)7-8-21(20)32(31-26)15-25(36)33-22(11-27(3)12-24(27)33)23(35)6-4-5-9-28/h7-8,10,13-14,22,24H,4-6,9,11-12,15,28H2,1-3H3/t22-,24+,27-/m0/s1. The summed E-state index contributed by atoms with van der Waals surface area (Å²) in [5, 5.41) is 5.21. The van der Waals surface area contributed by atoms with Crippen molar-refractivity contribution in [3.63, 3.8) is 0 Å². The maximum atomic E-state index is 13.6. The monoisotopic (exact) mass is 488 g/mol. The molecule has 1 aromatic carbocycles. The van der Waals surface area contributed by atoms with Gasteiger partial charge in [0.1, 0.15) is 18.1 Å². The van der Waals surface area contributed by atoms with Crippen LogP contribution in [-0.2, 0) is 16.1 Å². The highest BCUT2D eigenvalue weighted by Crippen LogP contribution is 2.59. The molecule has 188 valence electrons. The summed E-state index contributed by atoms with van der Waals surface area (Å²) in [4.78, 5) is 49.3. The average molecular weight is 489 g/mol. The van der Waals surface area contributed by atoms with Gasteiger partial charge in [0.15, 0.2) is 11.6 Å². The van der Waals surface area contributed by atoms with Crippen LogP contribution < -0.4 is 5.73 Å². The zero-order chi connectivity index (χ0) is 25.6. The summed E-state index contributed by atoms with van der Waals surface area (Å²) in [5.41, 5.74) is 8.33. The van der Waals surface area contributed by atoms with Gasteiger partial charge < -0.3 is 10.6 Å². The van der Waals surface area contributed by atoms with Crippen molar-refractivity contribution >= 4 is 28.4 Å². The van der Waals surface area contributed by atoms with Crippen LogP contribution in [0.5, 0.6) is 0 Å². The van der Waals surface area contributed by atoms with E-state index >= 15 is 0 Å². The number of piperidine rings is 1. The number of ketones is 2. The van der Waals surface area contributed by atoms with E-state index in [2.05, 4.69) is 22.0 Å². The van der Waals surface area contributed by atoms with Crippen molar-refractivity contribution in [3.8, 4) is 11.1 Å². The molecule has 1 saturated carbocycles. The van der Waals surface area contributed by atoms with Gasteiger partial charge >= 0.3 is 0 Å². The van der Waals surface area contributed by atoms with Crippen molar-refractivity contribution in [1.29, 1.82) is 0 Å². The molecule has 0 radical (unpaired) electrons. The number of aromatic nitrogens is 4. The summed E-state index contributed by atoms with van der Waals surface area (Å²) in [7, 11) is 0. The lowest BCUT2D eigenvalue weighted by Crippen LogP contribution is -2.44. The second kappa shape index (κ2) is 9.20. The molecule has 2 aliphatic rings. The molecular formula is C27H32N6O3. The van der Waals surface area contributed by atoms with Crippen LogP contribution in [-0.4, -0.2) is 60.8 Å². The number of aryl methyl sites for hydroxylation is 1. The molecule has 0 spiro atoms. The Morgan fingerprint density at radius 3 is 2.56 bits per heavy atom. The van der Waals surface area contributed by atoms with Crippen molar-refractivity contribution in [2.75, 3.05) is 6.54 Å². The summed E-state index contributed by atoms with van der Waals surface area (Å²) in [6.07, 6.45) is 7.12. The Bertz CT molecular complexity index is 1350. The van der Waals surface area contributed by atoms with E-state index < -0.39 is 0 Å². The minimum absolute atomic E-state index is 0.0179. The normalized spacial score (nSPS) is 22.6. The Morgan fingerprint density at radius 2 is 1.86 bits per heavy atom. The molecule has 9 heteroatoms. The molecule has 1 aliphatic carbocycles. The fourth-order valence-electron chi connectivity index (χ4n) is 5.51. The molecule has 3 atom stereocenters. The number of carbonyl (C=O) groups is 3. The average Bonchev–Trinajstić information content (AvgIpc) is 3.22. The highest BCUT2D eigenvalue weighted by atomic mass is 16.2. The first kappa shape index (κ1) is 24.2. The van der Waals surface area contributed by atoms with Crippen molar-refractivity contribution < 1.29 is 14.4 Å². The summed E-state index contributed by atoms with van der Waals surface area (Å²) < 4.78 is 1.60. The van der Waals surface area contributed by atoms with Gasteiger partial charge in [0.05, 0.1) is 11.6 Å². The fraction of sp³-hybridized carbons (Fsp3) is 0.481. The Balaban J connectivity index is 1.43. The number of likely N-dealkylation sites (tertiary alicyclic amines) is 1. The molecule has 36 heavy (non-hydrogen) atoms. The molecule has 0 bridgehead atoms. The van der Waals surface area contributed by atoms with Crippen molar-refractivity contribution in [1.82, 2.24) is 24.6 Å². The Morgan fingerprint density at radius 1 is 1.11 bits per heavy atom. The third-order valence-electron chi connectivity index (χ3n) is 7.66. The van der Waals surface area contributed by atoms with E-state index in [0.29, 0.717) is 41.8 Å². The molecule has 1 aliphatic heterocycles. The largest absolute Gasteiger partial charge is 0.330 e. The van der Waals surface area contributed by atoms with E-state index in [-0.39, 0.29) is 41.5 Å². The second-order valence-corrected chi connectivity index (χ2v) is 10.4. The van der Waals surface area contributed by atoms with E-state index in [0.717, 1.165) is 30.4 Å². The maximum absolute atomic E-state index is 13.6. The molecule has 0 unspecified atom stereocenters. The lowest BCUT2D eigenvalue weighted by molar-refractivity contribution is -0.139. The van der Waals surface area contributed by atoms with E-state index in [4.69, 9.17) is 5.73 Å². The van der Waals surface area contributed by atoms with Gasteiger partial charge in [-0.15, -0.1) is 0 Å². The molecule has 5 rings (SSSR count). The van der Waals surface area contributed by atoms with Crippen LogP contribution in [0.4, 0.5) is 0 Å². The topological polar surface area (TPSA) is 124 Å². The SMILES string of the molecule is CC(=O)c1nn(CC(=O)N2[C@H](C(=O)CCCCN)C[C@@]3(C)C[C@@H]23)c2ccc(-c3cnc(C)nc3)cc12. The van der Waals surface area contributed by atoms with Crippen molar-refractivity contribution in [3.05, 3.63) is 42.1 Å². The first-order valence-electron chi connectivity index (χ1n) is 12.6. The highest BCUT2D eigenvalue weighted by molar-refractivity contribution is 6.06. The number of amides is 1. The van der Waals surface area contributed by atoms with E-state index in [1.807, 2.05) is 25.1 Å². The Hall–Kier alpha value is -3.46. The molecule has 3 aromatic rings. The van der Waals surface area contributed by atoms with Crippen LogP contribution in [0.25, 0.3) is 22.0 Å². The summed E-state index contributed by atoms with van der Waals surface area (Å²) in [5.74, 6) is 0.492. The molecule has 2 N–H and O–H groups in total. The minimum Gasteiger partial charge on any atom is -0.330 e. The summed E-state index contributed by atoms with van der Waals surface area (Å²) in [6.45, 7) is 5.99. The molecule has 2 fully saturated rings. The van der Waals surface area contributed by atoms with Crippen molar-refractivity contribution in [2.45, 2.75) is 71.5 Å². The Labute approximate surface area is 210 Å². The van der Waals surface area contributed by atoms with Crippen LogP contribution in [0, 0.1) is 12.3 Å². The maximum Gasteiger partial charge on any atom is 0.245 e. The number of rotatable bonds is 9. The third kappa shape index (κ3) is 4.32. The summed E-state index contributed by atoms with van der Waals surface area (Å²) >= 11 is 0. The van der Waals surface area contributed by atoms with E-state index in [1.54, 1.807) is 22.0 Å². The molecule has 9 nitrogen and oxygen atoms in total. The number of unbranched alkanes of at least 4 members (excludes halogenated alkanes) is 1. The van der Waals surface area contributed by atoms with Crippen molar-refractivity contribution in [2.24, 2.45) is 11.1 Å². The van der Waals surface area contributed by atoms with E-state index in [9.17, 15) is 14.4 Å². The summed E-state index contributed by atoms with van der Waals surface area (Å²) in [6, 6.07) is 5.39. The second-order valence-electron chi connectivity index (χ2n) is 10.4. The van der Waals surface area contributed by atoms with Gasteiger partial charge in [-0.3, -0.25) is 19.1 Å². The van der Waals surface area contributed by atoms with Crippen LogP contribution in [0.15, 0.2) is 30.6 Å². The predicted octanol–water partition coefficient (Wildman–Crippen LogP) is 3.08. The minimum atomic E-state index is -0.388. The van der Waals surface area contributed by atoms with Crippen LogP contribution in [0.3, 0.4) is 0 Å². The third-order valence-corrected chi connectivity index (χ3v) is 7.66. The number of nitrogens with zero attached hydrogens (tertiary/aromatic N) is 5. The van der Waals surface area contributed by atoms with Gasteiger partial charge in [-0.1, -0.05) is 13.0 Å². The number of nitrogens with two attached hydrogens (primary N) is 1. The lowest BCUT2D eigenvalue weighted by Gasteiger charge is -2.27. The smallest absolute Gasteiger partial charge is 0.245 e. The predicted molar refractivity (Wildman–Crippen MR) is 135 cm³/mol. The van der Waals surface area contributed by atoms with Gasteiger partial charge in [0, 0.05) is 42.7 Å². The van der Waals surface area contributed by atoms with Gasteiger partial charge in [0.2, 0.25) is 5.91 Å². The van der Waals surface area contributed by atoms with Gasteiger partial charge in [-0.2, -0.15) is 5.10 Å². The zero-order valence-electron chi connectivity index (χ0n) is 21.0. The van der Waals surface area contributed by atoms with Gasteiger partial charge in [-0.25, -0.2) is 9.97 Å². The zero-order valence-corrected chi connectivity index (χ0v) is 21.0. The number of benzene rings is 1. The lowest BCUT2D eigenvalue weighted by atomic mass is 9.96. The number of hydrogen-bond donors (Lipinski definition) is 1. The number of carbonyl (C=O) groups excluding carboxylic acids is 3. The fourth-order valence-corrected chi connectivity index (χ4v) is 5.51. The molecule has 3 heterocycles. The van der Waals surface area contributed by atoms with Crippen LogP contribution in [0.1, 0.15) is 62.3 Å². The van der Waals surface area contributed by atoms with E-state index in [1.165, 1.54) is 6.92 Å². The number of fused-ring (bicyclic) bond motifs is 2. The first-order valence-corrected chi connectivity index (χ1v) is 12.6.